The first-order valence-electron chi connectivity index (χ1n) is 10.0. The quantitative estimate of drug-likeness (QED) is 0.747. The maximum absolute atomic E-state index is 12.9. The van der Waals surface area contributed by atoms with Crippen molar-refractivity contribution in [2.24, 2.45) is 5.92 Å². The molecule has 3 heterocycles. The van der Waals surface area contributed by atoms with E-state index in [1.807, 2.05) is 42.5 Å². The first-order chi connectivity index (χ1) is 13.9. The normalized spacial score (nSPS) is 17.6. The van der Waals surface area contributed by atoms with E-state index in [4.69, 9.17) is 21.1 Å². The number of piperazine rings is 1. The Balaban J connectivity index is 1.29. The van der Waals surface area contributed by atoms with E-state index in [0.717, 1.165) is 55.6 Å². The molecule has 1 atom stereocenters. The van der Waals surface area contributed by atoms with Gasteiger partial charge in [-0.2, -0.15) is 5.10 Å². The average molecular weight is 419 g/mol. The van der Waals surface area contributed by atoms with E-state index in [1.165, 1.54) is 5.56 Å². The fraction of sp³-hybridized carbons (Fsp3) is 0.524. The Hall–Kier alpha value is -2.25. The number of amides is 1. The maximum atomic E-state index is 12.9. The summed E-state index contributed by atoms with van der Waals surface area (Å²) in [5.41, 5.74) is 2.92. The Morgan fingerprint density at radius 3 is 2.59 bits per heavy atom. The summed E-state index contributed by atoms with van der Waals surface area (Å²) in [6.45, 7) is 10.7. The first-order valence-corrected chi connectivity index (χ1v) is 10.4. The molecular formula is C21H27ClN4O3. The molecule has 4 rings (SSSR count). The highest BCUT2D eigenvalue weighted by atomic mass is 35.5. The molecule has 2 aliphatic rings. The lowest BCUT2D eigenvalue weighted by Gasteiger charge is -2.36. The number of hydrogen-bond donors (Lipinski definition) is 0. The highest BCUT2D eigenvalue weighted by Crippen LogP contribution is 2.32. The molecule has 7 nitrogen and oxygen atoms in total. The molecule has 0 N–H and O–H groups in total. The number of aryl methyl sites for hydroxylation is 1. The Kier molecular flexibility index (Phi) is 5.69. The van der Waals surface area contributed by atoms with Gasteiger partial charge in [-0.25, -0.2) is 0 Å². The Bertz CT molecular complexity index is 906. The summed E-state index contributed by atoms with van der Waals surface area (Å²) in [7, 11) is 0. The summed E-state index contributed by atoms with van der Waals surface area (Å²) in [6.07, 6.45) is 0. The maximum Gasteiger partial charge on any atom is 0.231 e. The van der Waals surface area contributed by atoms with Gasteiger partial charge >= 0.3 is 0 Å². The van der Waals surface area contributed by atoms with Gasteiger partial charge in [0.2, 0.25) is 12.7 Å². The first kappa shape index (κ1) is 20.0. The van der Waals surface area contributed by atoms with Crippen LogP contribution in [0.1, 0.15) is 23.9 Å². The Labute approximate surface area is 176 Å². The molecule has 29 heavy (non-hydrogen) atoms. The lowest BCUT2D eigenvalue weighted by molar-refractivity contribution is -0.137. The molecule has 1 aromatic heterocycles. The van der Waals surface area contributed by atoms with Gasteiger partial charge < -0.3 is 14.4 Å². The summed E-state index contributed by atoms with van der Waals surface area (Å²) in [5, 5.41) is 5.13. The summed E-state index contributed by atoms with van der Waals surface area (Å²) >= 11 is 6.22. The minimum absolute atomic E-state index is 0.135. The van der Waals surface area contributed by atoms with E-state index in [0.29, 0.717) is 18.4 Å². The van der Waals surface area contributed by atoms with Crippen molar-refractivity contribution < 1.29 is 14.3 Å². The van der Waals surface area contributed by atoms with Crippen LogP contribution in [-0.4, -0.2) is 58.5 Å². The summed E-state index contributed by atoms with van der Waals surface area (Å²) < 4.78 is 12.7. The molecule has 2 aliphatic heterocycles. The number of benzene rings is 1. The third-order valence-electron chi connectivity index (χ3n) is 5.69. The number of nitrogens with zero attached hydrogens (tertiary/aromatic N) is 4. The van der Waals surface area contributed by atoms with Crippen molar-refractivity contribution in [3.05, 3.63) is 40.2 Å². The van der Waals surface area contributed by atoms with E-state index in [9.17, 15) is 4.79 Å². The van der Waals surface area contributed by atoms with Crippen LogP contribution in [0.25, 0.3) is 0 Å². The molecule has 8 heteroatoms. The molecule has 2 aromatic rings. The zero-order chi connectivity index (χ0) is 20.5. The predicted molar refractivity (Wildman–Crippen MR) is 110 cm³/mol. The van der Waals surface area contributed by atoms with Crippen molar-refractivity contribution in [1.82, 2.24) is 19.6 Å². The fourth-order valence-electron chi connectivity index (χ4n) is 3.93. The van der Waals surface area contributed by atoms with Crippen LogP contribution in [0.3, 0.4) is 0 Å². The van der Waals surface area contributed by atoms with Crippen molar-refractivity contribution in [3.8, 4) is 11.5 Å². The number of carbonyl (C=O) groups excluding carboxylic acids is 1. The minimum atomic E-state index is -0.135. The number of halogens is 1. The number of fused-ring (bicyclic) bond motifs is 1. The average Bonchev–Trinajstić information content (AvgIpc) is 3.28. The van der Waals surface area contributed by atoms with Crippen LogP contribution in [0.4, 0.5) is 0 Å². The van der Waals surface area contributed by atoms with Gasteiger partial charge in [-0.05, 0) is 31.5 Å². The molecule has 1 unspecified atom stereocenters. The second-order valence-corrected chi connectivity index (χ2v) is 8.23. The lowest BCUT2D eigenvalue weighted by atomic mass is 10.1. The van der Waals surface area contributed by atoms with Crippen molar-refractivity contribution in [1.29, 1.82) is 0 Å². The SMILES string of the molecule is Cc1nn(CC(C)C(=O)N2CCN(Cc3ccc4c(c3)OCO4)CC2)c(C)c1Cl. The molecule has 1 fully saturated rings. The molecule has 0 radical (unpaired) electrons. The summed E-state index contributed by atoms with van der Waals surface area (Å²) in [5.74, 6) is 1.66. The van der Waals surface area contributed by atoms with E-state index in [2.05, 4.69) is 16.1 Å². The van der Waals surface area contributed by atoms with Crippen LogP contribution in [0.2, 0.25) is 5.02 Å². The van der Waals surface area contributed by atoms with Gasteiger partial charge in [0, 0.05) is 32.7 Å². The van der Waals surface area contributed by atoms with Crippen LogP contribution in [-0.2, 0) is 17.9 Å². The zero-order valence-electron chi connectivity index (χ0n) is 17.2. The van der Waals surface area contributed by atoms with Crippen molar-refractivity contribution >= 4 is 17.5 Å². The fourth-order valence-corrected chi connectivity index (χ4v) is 4.06. The van der Waals surface area contributed by atoms with Crippen LogP contribution in [0.5, 0.6) is 11.5 Å². The smallest absolute Gasteiger partial charge is 0.231 e. The molecule has 0 spiro atoms. The van der Waals surface area contributed by atoms with Gasteiger partial charge in [-0.3, -0.25) is 14.4 Å². The van der Waals surface area contributed by atoms with Gasteiger partial charge in [0.05, 0.1) is 28.9 Å². The lowest BCUT2D eigenvalue weighted by Crippen LogP contribution is -2.50. The van der Waals surface area contributed by atoms with E-state index in [1.54, 1.807) is 0 Å². The minimum Gasteiger partial charge on any atom is -0.454 e. The molecule has 0 saturated carbocycles. The number of ether oxygens (including phenoxy) is 2. The van der Waals surface area contributed by atoms with Crippen LogP contribution < -0.4 is 9.47 Å². The molecule has 1 aromatic carbocycles. The van der Waals surface area contributed by atoms with Crippen molar-refractivity contribution in [3.63, 3.8) is 0 Å². The van der Waals surface area contributed by atoms with E-state index in [-0.39, 0.29) is 11.8 Å². The Morgan fingerprint density at radius 2 is 1.90 bits per heavy atom. The number of hydrogen-bond acceptors (Lipinski definition) is 5. The topological polar surface area (TPSA) is 59.8 Å². The van der Waals surface area contributed by atoms with E-state index < -0.39 is 0 Å². The highest BCUT2D eigenvalue weighted by Gasteiger charge is 2.26. The number of aromatic nitrogens is 2. The molecule has 0 bridgehead atoms. The molecular weight excluding hydrogens is 392 g/mol. The van der Waals surface area contributed by atoms with Gasteiger partial charge in [0.1, 0.15) is 0 Å². The number of carbonyl (C=O) groups is 1. The second kappa shape index (κ2) is 8.24. The molecule has 0 aliphatic carbocycles. The van der Waals surface area contributed by atoms with Gasteiger partial charge in [0.15, 0.2) is 11.5 Å². The van der Waals surface area contributed by atoms with E-state index >= 15 is 0 Å². The molecule has 1 saturated heterocycles. The number of rotatable bonds is 5. The van der Waals surface area contributed by atoms with Gasteiger partial charge in [0.25, 0.3) is 0 Å². The van der Waals surface area contributed by atoms with Crippen molar-refractivity contribution in [2.75, 3.05) is 33.0 Å². The summed E-state index contributed by atoms with van der Waals surface area (Å²) in [6, 6.07) is 6.08. The standard InChI is InChI=1S/C21H27ClN4O3/c1-14(11-26-16(3)20(22)15(2)23-26)21(27)25-8-6-24(7-9-25)12-17-4-5-18-19(10-17)29-13-28-18/h4-5,10,14H,6-9,11-13H2,1-3H3. The second-order valence-electron chi connectivity index (χ2n) is 7.86. The van der Waals surface area contributed by atoms with Crippen LogP contribution in [0, 0.1) is 19.8 Å². The monoisotopic (exact) mass is 418 g/mol. The van der Waals surface area contributed by atoms with Crippen LogP contribution >= 0.6 is 11.6 Å². The Morgan fingerprint density at radius 1 is 1.17 bits per heavy atom. The largest absolute Gasteiger partial charge is 0.454 e. The third-order valence-corrected chi connectivity index (χ3v) is 6.24. The highest BCUT2D eigenvalue weighted by molar-refractivity contribution is 6.31. The molecule has 1 amide bonds. The van der Waals surface area contributed by atoms with Crippen LogP contribution in [0.15, 0.2) is 18.2 Å². The zero-order valence-corrected chi connectivity index (χ0v) is 17.9. The molecule has 156 valence electrons. The van der Waals surface area contributed by atoms with Gasteiger partial charge in [-0.1, -0.05) is 24.6 Å². The third kappa shape index (κ3) is 4.21. The van der Waals surface area contributed by atoms with Crippen molar-refractivity contribution in [2.45, 2.75) is 33.9 Å². The predicted octanol–water partition coefficient (Wildman–Crippen LogP) is 2.86. The summed E-state index contributed by atoms with van der Waals surface area (Å²) in [4.78, 5) is 17.2. The van der Waals surface area contributed by atoms with Gasteiger partial charge in [-0.15, -0.1) is 0 Å².